The second kappa shape index (κ2) is 6.74. The minimum Gasteiger partial charge on any atom is -0.381 e. The number of hydrogen-bond donors (Lipinski definition) is 1. The summed E-state index contributed by atoms with van der Waals surface area (Å²) >= 11 is 11.7. The number of hydrogen-bond acceptors (Lipinski definition) is 2. The molecule has 19 heavy (non-hydrogen) atoms. The first-order valence-electron chi connectivity index (χ1n) is 5.98. The molecule has 0 spiro atoms. The standard InChI is InChI=1S/C13H14BrClINO2/c14-11-2-1-9(16)7-10(11)12(18)17-13(8-15)3-5-19-6-4-13/h1-2,7H,3-6,8H2,(H,17,18). The smallest absolute Gasteiger partial charge is 0.252 e. The third-order valence-electron chi connectivity index (χ3n) is 3.26. The normalized spacial score (nSPS) is 18.1. The van der Waals surface area contributed by atoms with Crippen LogP contribution in [0.15, 0.2) is 22.7 Å². The van der Waals surface area contributed by atoms with Gasteiger partial charge < -0.3 is 10.1 Å². The van der Waals surface area contributed by atoms with E-state index in [1.807, 2.05) is 18.2 Å². The molecule has 0 saturated carbocycles. The largest absolute Gasteiger partial charge is 0.381 e. The van der Waals surface area contributed by atoms with Gasteiger partial charge in [0.15, 0.2) is 0 Å². The zero-order valence-corrected chi connectivity index (χ0v) is 14.7. The van der Waals surface area contributed by atoms with Crippen molar-refractivity contribution in [3.05, 3.63) is 31.8 Å². The van der Waals surface area contributed by atoms with Crippen molar-refractivity contribution in [3.63, 3.8) is 0 Å². The molecule has 0 aromatic heterocycles. The summed E-state index contributed by atoms with van der Waals surface area (Å²) in [5.41, 5.74) is 0.292. The summed E-state index contributed by atoms with van der Waals surface area (Å²) in [5.74, 6) is 0.317. The predicted molar refractivity (Wildman–Crippen MR) is 87.8 cm³/mol. The Labute approximate surface area is 139 Å². The molecule has 104 valence electrons. The minimum absolute atomic E-state index is 0.0899. The lowest BCUT2D eigenvalue weighted by Crippen LogP contribution is -2.53. The Morgan fingerprint density at radius 3 is 2.79 bits per heavy atom. The predicted octanol–water partition coefficient (Wildman–Crippen LogP) is 3.57. The molecule has 1 N–H and O–H groups in total. The highest BCUT2D eigenvalue weighted by atomic mass is 127. The van der Waals surface area contributed by atoms with E-state index in [4.69, 9.17) is 16.3 Å². The van der Waals surface area contributed by atoms with Gasteiger partial charge in [-0.15, -0.1) is 11.6 Å². The summed E-state index contributed by atoms with van der Waals surface area (Å²) in [6.45, 7) is 1.28. The van der Waals surface area contributed by atoms with Crippen LogP contribution in [0.5, 0.6) is 0 Å². The Morgan fingerprint density at radius 2 is 2.16 bits per heavy atom. The van der Waals surface area contributed by atoms with E-state index < -0.39 is 0 Å². The van der Waals surface area contributed by atoms with Gasteiger partial charge in [0.1, 0.15) is 0 Å². The van der Waals surface area contributed by atoms with E-state index in [1.54, 1.807) is 0 Å². The lowest BCUT2D eigenvalue weighted by molar-refractivity contribution is 0.0433. The van der Waals surface area contributed by atoms with Crippen molar-refractivity contribution in [1.29, 1.82) is 0 Å². The molecule has 0 radical (unpaired) electrons. The number of rotatable bonds is 3. The zero-order valence-electron chi connectivity index (χ0n) is 10.2. The summed E-state index contributed by atoms with van der Waals surface area (Å²) in [6, 6.07) is 5.70. The fourth-order valence-electron chi connectivity index (χ4n) is 2.03. The van der Waals surface area contributed by atoms with E-state index >= 15 is 0 Å². The molecule has 0 unspecified atom stereocenters. The van der Waals surface area contributed by atoms with Crippen molar-refractivity contribution in [2.45, 2.75) is 18.4 Å². The first-order chi connectivity index (χ1) is 9.06. The van der Waals surface area contributed by atoms with Gasteiger partial charge in [0.2, 0.25) is 0 Å². The highest BCUT2D eigenvalue weighted by Crippen LogP contribution is 2.25. The van der Waals surface area contributed by atoms with E-state index in [-0.39, 0.29) is 11.4 Å². The van der Waals surface area contributed by atoms with E-state index in [0.29, 0.717) is 24.7 Å². The number of ether oxygens (including phenoxy) is 1. The van der Waals surface area contributed by atoms with Crippen LogP contribution in [0.2, 0.25) is 0 Å². The molecule has 6 heteroatoms. The molecule has 0 aliphatic carbocycles. The molecular weight excluding hydrogens is 444 g/mol. The summed E-state index contributed by atoms with van der Waals surface area (Å²) < 4.78 is 7.16. The van der Waals surface area contributed by atoms with Crippen LogP contribution >= 0.6 is 50.1 Å². The van der Waals surface area contributed by atoms with Crippen molar-refractivity contribution in [1.82, 2.24) is 5.32 Å². The summed E-state index contributed by atoms with van der Waals surface area (Å²) in [7, 11) is 0. The Balaban J connectivity index is 2.17. The number of carbonyl (C=O) groups excluding carboxylic acids is 1. The van der Waals surface area contributed by atoms with Crippen LogP contribution < -0.4 is 5.32 Å². The van der Waals surface area contributed by atoms with Gasteiger partial charge in [-0.25, -0.2) is 0 Å². The topological polar surface area (TPSA) is 38.3 Å². The van der Waals surface area contributed by atoms with E-state index in [0.717, 1.165) is 20.9 Å². The Bertz CT molecular complexity index is 478. The number of alkyl halides is 1. The van der Waals surface area contributed by atoms with Crippen molar-refractivity contribution in [3.8, 4) is 0 Å². The van der Waals surface area contributed by atoms with Gasteiger partial charge in [-0.1, -0.05) is 0 Å². The monoisotopic (exact) mass is 457 g/mol. The van der Waals surface area contributed by atoms with Crippen molar-refractivity contribution < 1.29 is 9.53 Å². The van der Waals surface area contributed by atoms with Crippen LogP contribution in [0.1, 0.15) is 23.2 Å². The third kappa shape index (κ3) is 3.83. The van der Waals surface area contributed by atoms with E-state index in [1.165, 1.54) is 0 Å². The van der Waals surface area contributed by atoms with Crippen LogP contribution in [0, 0.1) is 3.57 Å². The molecule has 1 fully saturated rings. The first kappa shape index (κ1) is 15.5. The fourth-order valence-corrected chi connectivity index (χ4v) is 3.29. The molecule has 2 rings (SSSR count). The molecular formula is C13H14BrClINO2. The third-order valence-corrected chi connectivity index (χ3v) is 5.13. The highest BCUT2D eigenvalue weighted by molar-refractivity contribution is 14.1. The van der Waals surface area contributed by atoms with Crippen LogP contribution in [-0.2, 0) is 4.74 Å². The van der Waals surface area contributed by atoms with Crippen molar-refractivity contribution in [2.24, 2.45) is 0 Å². The number of benzene rings is 1. The molecule has 1 aromatic carbocycles. The fraction of sp³-hybridized carbons (Fsp3) is 0.462. The molecule has 0 bridgehead atoms. The lowest BCUT2D eigenvalue weighted by atomic mass is 9.92. The number of nitrogens with one attached hydrogen (secondary N) is 1. The highest BCUT2D eigenvalue weighted by Gasteiger charge is 2.33. The van der Waals surface area contributed by atoms with Gasteiger partial charge >= 0.3 is 0 Å². The quantitative estimate of drug-likeness (QED) is 0.556. The maximum Gasteiger partial charge on any atom is 0.252 e. The van der Waals surface area contributed by atoms with Crippen LogP contribution in [0.3, 0.4) is 0 Å². The summed E-state index contributed by atoms with van der Waals surface area (Å²) in [6.07, 6.45) is 1.51. The number of carbonyl (C=O) groups is 1. The Kier molecular flexibility index (Phi) is 5.51. The Morgan fingerprint density at radius 1 is 1.47 bits per heavy atom. The lowest BCUT2D eigenvalue weighted by Gasteiger charge is -2.36. The molecule has 1 heterocycles. The molecule has 1 amide bonds. The van der Waals surface area contributed by atoms with Crippen LogP contribution in [0.4, 0.5) is 0 Å². The minimum atomic E-state index is -0.350. The van der Waals surface area contributed by atoms with Crippen molar-refractivity contribution in [2.75, 3.05) is 19.1 Å². The van der Waals surface area contributed by atoms with Gasteiger partial charge in [0.25, 0.3) is 5.91 Å². The zero-order chi connectivity index (χ0) is 13.9. The van der Waals surface area contributed by atoms with Gasteiger partial charge in [-0.2, -0.15) is 0 Å². The average Bonchev–Trinajstić information content (AvgIpc) is 2.42. The number of halogens is 3. The van der Waals surface area contributed by atoms with Crippen LogP contribution in [0.25, 0.3) is 0 Å². The summed E-state index contributed by atoms with van der Waals surface area (Å²) in [5, 5.41) is 3.08. The second-order valence-corrected chi connectivity index (χ2v) is 6.97. The molecule has 1 aromatic rings. The van der Waals surface area contributed by atoms with Crippen LogP contribution in [-0.4, -0.2) is 30.5 Å². The Hall–Kier alpha value is 0.150. The average molecular weight is 459 g/mol. The van der Waals surface area contributed by atoms with Gasteiger partial charge in [-0.05, 0) is 69.6 Å². The second-order valence-electron chi connectivity index (χ2n) is 4.60. The van der Waals surface area contributed by atoms with Gasteiger partial charge in [0, 0.05) is 27.1 Å². The van der Waals surface area contributed by atoms with E-state index in [9.17, 15) is 4.79 Å². The van der Waals surface area contributed by atoms with E-state index in [2.05, 4.69) is 43.8 Å². The molecule has 1 aliphatic heterocycles. The molecule has 0 atom stereocenters. The maximum absolute atomic E-state index is 12.4. The van der Waals surface area contributed by atoms with Crippen molar-refractivity contribution >= 4 is 56.0 Å². The maximum atomic E-state index is 12.4. The molecule has 1 aliphatic rings. The molecule has 3 nitrogen and oxygen atoms in total. The van der Waals surface area contributed by atoms with Gasteiger partial charge in [0.05, 0.1) is 11.1 Å². The summed E-state index contributed by atoms with van der Waals surface area (Å²) in [4.78, 5) is 12.4. The SMILES string of the molecule is O=C(NC1(CCl)CCOCC1)c1cc(I)ccc1Br. The number of amides is 1. The molecule has 1 saturated heterocycles. The van der Waals surface area contributed by atoms with Gasteiger partial charge in [-0.3, -0.25) is 4.79 Å². The first-order valence-corrected chi connectivity index (χ1v) is 8.38.